The molecule has 0 spiro atoms. The number of nitrogens with zero attached hydrogens (tertiary/aromatic N) is 3. The standard InChI is InChI=1S/C10H13N3O4/c1-10(2,3)8-6(14)4-12-5-7(13(15)16)11-9(12)17-8/h5,8H,4H2,1-3H3. The van der Waals surface area contributed by atoms with E-state index in [1.165, 1.54) is 10.8 Å². The summed E-state index contributed by atoms with van der Waals surface area (Å²) in [6.45, 7) is 5.70. The number of ketones is 1. The fourth-order valence-electron chi connectivity index (χ4n) is 1.76. The lowest BCUT2D eigenvalue weighted by molar-refractivity contribution is -0.389. The van der Waals surface area contributed by atoms with Crippen LogP contribution in [0.4, 0.5) is 5.82 Å². The van der Waals surface area contributed by atoms with E-state index in [1.807, 2.05) is 20.8 Å². The number of ether oxygens (including phenoxy) is 1. The Morgan fingerprint density at radius 3 is 2.76 bits per heavy atom. The second-order valence-corrected chi connectivity index (χ2v) is 5.10. The number of hydrogen-bond acceptors (Lipinski definition) is 5. The van der Waals surface area contributed by atoms with E-state index in [-0.39, 0.29) is 29.6 Å². The first kappa shape index (κ1) is 11.6. The van der Waals surface area contributed by atoms with Gasteiger partial charge in [-0.15, -0.1) is 0 Å². The molecule has 0 aliphatic carbocycles. The summed E-state index contributed by atoms with van der Waals surface area (Å²) in [7, 11) is 0. The molecular weight excluding hydrogens is 226 g/mol. The number of carbonyl (C=O) groups excluding carboxylic acids is 1. The number of aromatic nitrogens is 2. The smallest absolute Gasteiger partial charge is 0.415 e. The third kappa shape index (κ3) is 2.00. The highest BCUT2D eigenvalue weighted by molar-refractivity contribution is 5.85. The van der Waals surface area contributed by atoms with E-state index in [0.29, 0.717) is 0 Å². The zero-order chi connectivity index (χ0) is 12.8. The Morgan fingerprint density at radius 2 is 2.24 bits per heavy atom. The Labute approximate surface area is 97.5 Å². The number of Topliss-reactive ketones (excluding diaryl/α,β-unsaturated/α-hetero) is 1. The molecule has 1 unspecified atom stereocenters. The third-order valence-corrected chi connectivity index (χ3v) is 2.54. The second-order valence-electron chi connectivity index (χ2n) is 5.10. The lowest BCUT2D eigenvalue weighted by Gasteiger charge is -2.31. The topological polar surface area (TPSA) is 87.3 Å². The lowest BCUT2D eigenvalue weighted by Crippen LogP contribution is -2.44. The molecule has 0 bridgehead atoms. The van der Waals surface area contributed by atoms with Crippen molar-refractivity contribution in [2.75, 3.05) is 0 Å². The molecule has 17 heavy (non-hydrogen) atoms. The minimum atomic E-state index is -0.614. The highest BCUT2D eigenvalue weighted by atomic mass is 16.6. The van der Waals surface area contributed by atoms with Gasteiger partial charge in [0.05, 0.1) is 6.54 Å². The quantitative estimate of drug-likeness (QED) is 0.542. The monoisotopic (exact) mass is 239 g/mol. The van der Waals surface area contributed by atoms with Gasteiger partial charge in [-0.25, -0.2) is 0 Å². The second kappa shape index (κ2) is 3.54. The van der Waals surface area contributed by atoms with Crippen LogP contribution in [0.25, 0.3) is 0 Å². The van der Waals surface area contributed by atoms with E-state index in [2.05, 4.69) is 4.98 Å². The summed E-state index contributed by atoms with van der Waals surface area (Å²) in [5, 5.41) is 10.6. The first-order valence-corrected chi connectivity index (χ1v) is 5.20. The first-order chi connectivity index (χ1) is 7.79. The van der Waals surface area contributed by atoms with E-state index >= 15 is 0 Å². The Hall–Kier alpha value is -1.92. The Bertz CT molecular complexity index is 486. The van der Waals surface area contributed by atoms with Crippen molar-refractivity contribution in [1.82, 2.24) is 9.55 Å². The van der Waals surface area contributed by atoms with Crippen LogP contribution >= 0.6 is 0 Å². The van der Waals surface area contributed by atoms with Crippen molar-refractivity contribution >= 4 is 11.6 Å². The molecule has 1 aliphatic heterocycles. The number of hydrogen-bond donors (Lipinski definition) is 0. The summed E-state index contributed by atoms with van der Waals surface area (Å²) in [6, 6.07) is 0.135. The van der Waals surface area contributed by atoms with E-state index in [0.717, 1.165) is 0 Å². The normalized spacial score (nSPS) is 19.7. The Kier molecular flexibility index (Phi) is 2.41. The Morgan fingerprint density at radius 1 is 1.59 bits per heavy atom. The van der Waals surface area contributed by atoms with Crippen LogP contribution in [-0.4, -0.2) is 26.4 Å². The largest absolute Gasteiger partial charge is 0.434 e. The van der Waals surface area contributed by atoms with Crippen LogP contribution in [0.1, 0.15) is 20.8 Å². The highest BCUT2D eigenvalue weighted by Crippen LogP contribution is 2.30. The minimum absolute atomic E-state index is 0.0676. The number of fused-ring (bicyclic) bond motifs is 1. The van der Waals surface area contributed by atoms with Crippen LogP contribution in [0.15, 0.2) is 6.20 Å². The van der Waals surface area contributed by atoms with Crippen molar-refractivity contribution in [2.45, 2.75) is 33.4 Å². The number of rotatable bonds is 1. The van der Waals surface area contributed by atoms with Crippen LogP contribution < -0.4 is 4.74 Å². The van der Waals surface area contributed by atoms with Gasteiger partial charge in [0.1, 0.15) is 6.20 Å². The van der Waals surface area contributed by atoms with Gasteiger partial charge in [0, 0.05) is 10.4 Å². The molecule has 0 fully saturated rings. The van der Waals surface area contributed by atoms with Crippen molar-refractivity contribution in [3.05, 3.63) is 16.3 Å². The van der Waals surface area contributed by atoms with Crippen molar-refractivity contribution in [3.8, 4) is 6.01 Å². The molecule has 1 aliphatic rings. The molecule has 0 saturated heterocycles. The SMILES string of the molecule is CC(C)(C)C1Oc2nc([N+](=O)[O-])cn2CC1=O. The summed E-state index contributed by atoms with van der Waals surface area (Å²) in [6.07, 6.45) is 0.601. The molecule has 2 rings (SSSR count). The first-order valence-electron chi connectivity index (χ1n) is 5.20. The molecule has 7 nitrogen and oxygen atoms in total. The summed E-state index contributed by atoms with van der Waals surface area (Å²) in [4.78, 5) is 25.5. The molecule has 7 heteroatoms. The molecule has 2 heterocycles. The van der Waals surface area contributed by atoms with Crippen LogP contribution in [0.2, 0.25) is 0 Å². The summed E-state index contributed by atoms with van der Waals surface area (Å²) < 4.78 is 6.80. The zero-order valence-electron chi connectivity index (χ0n) is 9.84. The van der Waals surface area contributed by atoms with E-state index in [4.69, 9.17) is 4.74 Å². The molecule has 0 amide bonds. The van der Waals surface area contributed by atoms with Crippen LogP contribution in [0.3, 0.4) is 0 Å². The highest BCUT2D eigenvalue weighted by Gasteiger charge is 2.40. The van der Waals surface area contributed by atoms with Gasteiger partial charge in [0.25, 0.3) is 0 Å². The van der Waals surface area contributed by atoms with Crippen LogP contribution in [0.5, 0.6) is 6.01 Å². The molecule has 0 radical (unpaired) electrons. The fraction of sp³-hybridized carbons (Fsp3) is 0.600. The van der Waals surface area contributed by atoms with E-state index in [9.17, 15) is 14.9 Å². The molecule has 92 valence electrons. The predicted octanol–water partition coefficient (Wildman–Crippen LogP) is 1.17. The van der Waals surface area contributed by atoms with Gasteiger partial charge in [-0.05, 0) is 4.92 Å². The van der Waals surface area contributed by atoms with E-state index in [1.54, 1.807) is 0 Å². The molecule has 0 saturated carbocycles. The van der Waals surface area contributed by atoms with Gasteiger partial charge < -0.3 is 14.9 Å². The molecule has 0 N–H and O–H groups in total. The maximum Gasteiger partial charge on any atom is 0.415 e. The summed E-state index contributed by atoms with van der Waals surface area (Å²) >= 11 is 0. The van der Waals surface area contributed by atoms with Gasteiger partial charge in [0.15, 0.2) is 11.9 Å². The number of imidazole rings is 1. The van der Waals surface area contributed by atoms with Crippen LogP contribution in [-0.2, 0) is 11.3 Å². The fourth-order valence-corrected chi connectivity index (χ4v) is 1.76. The van der Waals surface area contributed by atoms with Crippen molar-refractivity contribution in [2.24, 2.45) is 5.41 Å². The minimum Gasteiger partial charge on any atom is -0.434 e. The molecule has 1 atom stereocenters. The maximum atomic E-state index is 11.8. The lowest BCUT2D eigenvalue weighted by atomic mass is 9.86. The average Bonchev–Trinajstić information content (AvgIpc) is 2.57. The molecule has 1 aromatic heterocycles. The van der Waals surface area contributed by atoms with Gasteiger partial charge in [-0.3, -0.25) is 9.36 Å². The third-order valence-electron chi connectivity index (χ3n) is 2.54. The molecular formula is C10H13N3O4. The van der Waals surface area contributed by atoms with Gasteiger partial charge in [0.2, 0.25) is 0 Å². The van der Waals surface area contributed by atoms with Gasteiger partial charge in [-0.1, -0.05) is 20.8 Å². The number of carbonyl (C=O) groups is 1. The maximum absolute atomic E-state index is 11.8. The van der Waals surface area contributed by atoms with Gasteiger partial charge >= 0.3 is 11.8 Å². The summed E-state index contributed by atoms with van der Waals surface area (Å²) in [5.41, 5.74) is -0.358. The molecule has 1 aromatic rings. The van der Waals surface area contributed by atoms with Crippen molar-refractivity contribution < 1.29 is 14.5 Å². The summed E-state index contributed by atoms with van der Waals surface area (Å²) in [5.74, 6) is -0.403. The number of nitro groups is 1. The predicted molar refractivity (Wildman–Crippen MR) is 57.8 cm³/mol. The van der Waals surface area contributed by atoms with E-state index < -0.39 is 11.0 Å². The van der Waals surface area contributed by atoms with Crippen molar-refractivity contribution in [1.29, 1.82) is 0 Å². The van der Waals surface area contributed by atoms with Gasteiger partial charge in [-0.2, -0.15) is 0 Å². The molecule has 0 aromatic carbocycles. The zero-order valence-corrected chi connectivity index (χ0v) is 9.84. The van der Waals surface area contributed by atoms with Crippen molar-refractivity contribution in [3.63, 3.8) is 0 Å². The average molecular weight is 239 g/mol. The van der Waals surface area contributed by atoms with Crippen LogP contribution in [0, 0.1) is 15.5 Å². The Balaban J connectivity index is 2.35.